The van der Waals surface area contributed by atoms with Crippen molar-refractivity contribution in [3.63, 3.8) is 0 Å². The van der Waals surface area contributed by atoms with E-state index in [1.54, 1.807) is 24.3 Å². The zero-order chi connectivity index (χ0) is 24.9. The van der Waals surface area contributed by atoms with Crippen LogP contribution in [0.15, 0.2) is 59.5 Å². The van der Waals surface area contributed by atoms with Crippen LogP contribution in [0.2, 0.25) is 0 Å². The van der Waals surface area contributed by atoms with Crippen LogP contribution in [0.1, 0.15) is 16.7 Å². The number of aryl methyl sites for hydroxylation is 2. The van der Waals surface area contributed by atoms with Crippen molar-refractivity contribution < 1.29 is 27.4 Å². The Labute approximate surface area is 199 Å². The van der Waals surface area contributed by atoms with Gasteiger partial charge in [0.2, 0.25) is 11.7 Å². The Balaban J connectivity index is 1.72. The van der Waals surface area contributed by atoms with Gasteiger partial charge in [-0.15, -0.1) is 0 Å². The summed E-state index contributed by atoms with van der Waals surface area (Å²) in [6.07, 6.45) is 0.0604. The molecule has 0 aliphatic heterocycles. The predicted molar refractivity (Wildman–Crippen MR) is 132 cm³/mol. The van der Waals surface area contributed by atoms with E-state index in [0.29, 0.717) is 34.2 Å². The number of rotatable bonds is 9. The molecule has 2 N–H and O–H groups in total. The summed E-state index contributed by atoms with van der Waals surface area (Å²) in [5.41, 5.74) is 3.37. The second-order valence-corrected chi connectivity index (χ2v) is 9.34. The number of anilines is 2. The van der Waals surface area contributed by atoms with Crippen LogP contribution in [0.25, 0.3) is 0 Å². The van der Waals surface area contributed by atoms with Crippen LogP contribution < -0.4 is 24.2 Å². The van der Waals surface area contributed by atoms with E-state index in [-0.39, 0.29) is 17.2 Å². The van der Waals surface area contributed by atoms with Gasteiger partial charge >= 0.3 is 0 Å². The average molecular weight is 485 g/mol. The van der Waals surface area contributed by atoms with E-state index in [4.69, 9.17) is 14.2 Å². The van der Waals surface area contributed by atoms with Crippen LogP contribution in [0.3, 0.4) is 0 Å². The molecule has 1 amide bonds. The van der Waals surface area contributed by atoms with Gasteiger partial charge in [-0.3, -0.25) is 9.52 Å². The number of carbonyl (C=O) groups excluding carboxylic acids is 1. The number of carbonyl (C=O) groups is 1. The molecule has 0 aliphatic rings. The van der Waals surface area contributed by atoms with Crippen molar-refractivity contribution in [2.75, 3.05) is 31.4 Å². The molecule has 0 heterocycles. The maximum atomic E-state index is 12.8. The highest BCUT2D eigenvalue weighted by molar-refractivity contribution is 7.92. The summed E-state index contributed by atoms with van der Waals surface area (Å²) in [5, 5.41) is 2.77. The van der Waals surface area contributed by atoms with E-state index in [9.17, 15) is 13.2 Å². The minimum atomic E-state index is -3.78. The second kappa shape index (κ2) is 10.5. The quantitative estimate of drug-likeness (QED) is 0.469. The normalized spacial score (nSPS) is 11.0. The van der Waals surface area contributed by atoms with Crippen molar-refractivity contribution in [3.8, 4) is 17.2 Å². The molecule has 0 bridgehead atoms. The van der Waals surface area contributed by atoms with Gasteiger partial charge in [0.15, 0.2) is 11.5 Å². The molecule has 0 aromatic heterocycles. The van der Waals surface area contributed by atoms with Gasteiger partial charge in [0.1, 0.15) is 0 Å². The third kappa shape index (κ3) is 5.60. The van der Waals surface area contributed by atoms with Gasteiger partial charge < -0.3 is 19.5 Å². The fourth-order valence-corrected chi connectivity index (χ4v) is 4.72. The molecule has 0 fully saturated rings. The number of ether oxygens (including phenoxy) is 3. The lowest BCUT2D eigenvalue weighted by Gasteiger charge is -2.14. The van der Waals surface area contributed by atoms with Crippen LogP contribution in [0, 0.1) is 13.8 Å². The lowest BCUT2D eigenvalue weighted by Crippen LogP contribution is -2.16. The van der Waals surface area contributed by atoms with Crippen LogP contribution in [0.4, 0.5) is 11.4 Å². The first kappa shape index (κ1) is 24.9. The monoisotopic (exact) mass is 484 g/mol. The zero-order valence-electron chi connectivity index (χ0n) is 19.8. The molecule has 3 aromatic rings. The lowest BCUT2D eigenvalue weighted by molar-refractivity contribution is -0.115. The highest BCUT2D eigenvalue weighted by atomic mass is 32.2. The molecular weight excluding hydrogens is 456 g/mol. The van der Waals surface area contributed by atoms with Gasteiger partial charge in [0.25, 0.3) is 10.0 Å². The summed E-state index contributed by atoms with van der Waals surface area (Å²) in [4.78, 5) is 12.7. The maximum Gasteiger partial charge on any atom is 0.261 e. The SMILES string of the molecule is COc1cc(CC(=O)Nc2ccc(S(=O)(=O)Nc3c(C)cccc3C)cc2)cc(OC)c1OC. The number of benzene rings is 3. The van der Waals surface area contributed by atoms with Gasteiger partial charge in [-0.25, -0.2) is 8.42 Å². The van der Waals surface area contributed by atoms with Crippen molar-refractivity contribution in [1.82, 2.24) is 0 Å². The minimum Gasteiger partial charge on any atom is -0.493 e. The Morgan fingerprint density at radius 1 is 0.853 bits per heavy atom. The number of amides is 1. The Morgan fingerprint density at radius 3 is 1.91 bits per heavy atom. The number of hydrogen-bond donors (Lipinski definition) is 2. The van der Waals surface area contributed by atoms with Gasteiger partial charge in [0.05, 0.1) is 38.3 Å². The zero-order valence-corrected chi connectivity index (χ0v) is 20.6. The van der Waals surface area contributed by atoms with E-state index in [2.05, 4.69) is 10.0 Å². The largest absolute Gasteiger partial charge is 0.493 e. The number of para-hydroxylation sites is 1. The summed E-state index contributed by atoms with van der Waals surface area (Å²) in [6, 6.07) is 15.0. The molecule has 0 saturated heterocycles. The van der Waals surface area contributed by atoms with Crippen molar-refractivity contribution in [3.05, 3.63) is 71.3 Å². The average Bonchev–Trinajstić information content (AvgIpc) is 2.81. The third-order valence-corrected chi connectivity index (χ3v) is 6.62. The smallest absolute Gasteiger partial charge is 0.261 e. The predicted octanol–water partition coefficient (Wildman–Crippen LogP) is 4.31. The molecule has 0 aliphatic carbocycles. The summed E-state index contributed by atoms with van der Waals surface area (Å²) in [6.45, 7) is 3.69. The fourth-order valence-electron chi connectivity index (χ4n) is 3.51. The molecule has 0 radical (unpaired) electrons. The molecule has 3 aromatic carbocycles. The van der Waals surface area contributed by atoms with E-state index in [1.165, 1.54) is 33.5 Å². The molecule has 0 unspecified atom stereocenters. The molecule has 3 rings (SSSR count). The molecule has 0 saturated carbocycles. The van der Waals surface area contributed by atoms with E-state index >= 15 is 0 Å². The van der Waals surface area contributed by atoms with Crippen molar-refractivity contribution in [2.24, 2.45) is 0 Å². The molecule has 8 nitrogen and oxygen atoms in total. The third-order valence-electron chi connectivity index (χ3n) is 5.26. The Morgan fingerprint density at radius 2 is 1.41 bits per heavy atom. The maximum absolute atomic E-state index is 12.8. The standard InChI is InChI=1S/C25H28N2O6S/c1-16-7-6-8-17(2)24(16)27-34(29,30)20-11-9-19(10-12-20)26-23(28)15-18-13-21(31-3)25(33-5)22(14-18)32-4/h6-14,27H,15H2,1-5H3,(H,26,28). The highest BCUT2D eigenvalue weighted by Gasteiger charge is 2.18. The van der Waals surface area contributed by atoms with Gasteiger partial charge in [0, 0.05) is 5.69 Å². The highest BCUT2D eigenvalue weighted by Crippen LogP contribution is 2.38. The fraction of sp³-hybridized carbons (Fsp3) is 0.240. The van der Waals surface area contributed by atoms with Crippen LogP contribution in [-0.2, 0) is 21.2 Å². The van der Waals surface area contributed by atoms with Crippen LogP contribution in [-0.4, -0.2) is 35.7 Å². The van der Waals surface area contributed by atoms with Crippen molar-refractivity contribution >= 4 is 27.3 Å². The number of methoxy groups -OCH3 is 3. The first-order chi connectivity index (χ1) is 16.2. The van der Waals surface area contributed by atoms with Crippen LogP contribution >= 0.6 is 0 Å². The summed E-state index contributed by atoms with van der Waals surface area (Å²) < 4.78 is 44.2. The van der Waals surface area contributed by atoms with E-state index < -0.39 is 10.0 Å². The summed E-state index contributed by atoms with van der Waals surface area (Å²) in [5.74, 6) is 1.07. The van der Waals surface area contributed by atoms with E-state index in [1.807, 2.05) is 32.0 Å². The molecular formula is C25H28N2O6S. The van der Waals surface area contributed by atoms with Gasteiger partial charge in [-0.05, 0) is 66.9 Å². The Kier molecular flexibility index (Phi) is 7.68. The van der Waals surface area contributed by atoms with Crippen molar-refractivity contribution in [2.45, 2.75) is 25.2 Å². The van der Waals surface area contributed by atoms with Crippen LogP contribution in [0.5, 0.6) is 17.2 Å². The molecule has 0 spiro atoms. The minimum absolute atomic E-state index is 0.0604. The van der Waals surface area contributed by atoms with Gasteiger partial charge in [-0.1, -0.05) is 18.2 Å². The Bertz CT molecular complexity index is 1240. The number of hydrogen-bond acceptors (Lipinski definition) is 6. The summed E-state index contributed by atoms with van der Waals surface area (Å²) >= 11 is 0. The first-order valence-corrected chi connectivity index (χ1v) is 11.9. The molecule has 34 heavy (non-hydrogen) atoms. The summed E-state index contributed by atoms with van der Waals surface area (Å²) in [7, 11) is 0.744. The first-order valence-electron chi connectivity index (χ1n) is 10.5. The van der Waals surface area contributed by atoms with Crippen molar-refractivity contribution in [1.29, 1.82) is 0 Å². The number of nitrogens with one attached hydrogen (secondary N) is 2. The Hall–Kier alpha value is -3.72. The molecule has 0 atom stereocenters. The lowest BCUT2D eigenvalue weighted by atomic mass is 10.1. The molecule has 9 heteroatoms. The number of sulfonamides is 1. The topological polar surface area (TPSA) is 103 Å². The molecule has 180 valence electrons. The van der Waals surface area contributed by atoms with Gasteiger partial charge in [-0.2, -0.15) is 0 Å². The second-order valence-electron chi connectivity index (χ2n) is 7.66. The van der Waals surface area contributed by atoms with E-state index in [0.717, 1.165) is 11.1 Å².